The summed E-state index contributed by atoms with van der Waals surface area (Å²) >= 11 is 0. The number of pyridine rings is 1. The van der Waals surface area contributed by atoms with Crippen LogP contribution in [0.25, 0.3) is 0 Å². The lowest BCUT2D eigenvalue weighted by Crippen LogP contribution is -2.00. The van der Waals surface area contributed by atoms with Crippen molar-refractivity contribution in [1.82, 2.24) is 15.2 Å². The maximum absolute atomic E-state index is 4.33. The van der Waals surface area contributed by atoms with Crippen molar-refractivity contribution in [2.75, 3.05) is 5.32 Å². The molecule has 4 heteroatoms. The van der Waals surface area contributed by atoms with Crippen LogP contribution in [-0.2, 0) is 6.54 Å². The molecule has 2 rings (SSSR count). The summed E-state index contributed by atoms with van der Waals surface area (Å²) in [4.78, 5) is 4.33. The third kappa shape index (κ3) is 2.10. The van der Waals surface area contributed by atoms with Gasteiger partial charge in [-0.15, -0.1) is 0 Å². The van der Waals surface area contributed by atoms with E-state index in [9.17, 15) is 0 Å². The SMILES string of the molecule is Cc1cccc(NCc2cn[nH]c2)n1. The van der Waals surface area contributed by atoms with Crippen LogP contribution in [-0.4, -0.2) is 15.2 Å². The largest absolute Gasteiger partial charge is 0.366 e. The van der Waals surface area contributed by atoms with Gasteiger partial charge < -0.3 is 5.32 Å². The fraction of sp³-hybridized carbons (Fsp3) is 0.200. The van der Waals surface area contributed by atoms with Crippen molar-refractivity contribution < 1.29 is 0 Å². The smallest absolute Gasteiger partial charge is 0.126 e. The molecule has 0 fully saturated rings. The molecule has 0 aliphatic carbocycles. The quantitative estimate of drug-likeness (QED) is 0.771. The van der Waals surface area contributed by atoms with Crippen LogP contribution in [0.2, 0.25) is 0 Å². The lowest BCUT2D eigenvalue weighted by Gasteiger charge is -2.03. The summed E-state index contributed by atoms with van der Waals surface area (Å²) in [6, 6.07) is 5.91. The summed E-state index contributed by atoms with van der Waals surface area (Å²) in [6.07, 6.45) is 3.66. The molecule has 2 aromatic rings. The topological polar surface area (TPSA) is 53.6 Å². The minimum absolute atomic E-state index is 0.743. The molecule has 2 aromatic heterocycles. The van der Waals surface area contributed by atoms with Crippen LogP contribution < -0.4 is 5.32 Å². The Kier molecular flexibility index (Phi) is 2.44. The van der Waals surface area contributed by atoms with E-state index in [0.29, 0.717) is 0 Å². The second-order valence-corrected chi connectivity index (χ2v) is 3.12. The fourth-order valence-corrected chi connectivity index (χ4v) is 1.21. The number of anilines is 1. The number of nitrogens with one attached hydrogen (secondary N) is 2. The van der Waals surface area contributed by atoms with Crippen LogP contribution in [0.1, 0.15) is 11.3 Å². The van der Waals surface area contributed by atoms with Crippen molar-refractivity contribution in [3.8, 4) is 0 Å². The number of aromatic amines is 1. The van der Waals surface area contributed by atoms with Gasteiger partial charge in [-0.05, 0) is 19.1 Å². The first-order valence-electron chi connectivity index (χ1n) is 4.50. The standard InChI is InChI=1S/C10H12N4/c1-8-3-2-4-10(14-8)11-5-9-6-12-13-7-9/h2-4,6-7H,5H2,1H3,(H,11,14)(H,12,13). The third-order valence-corrected chi connectivity index (χ3v) is 1.92. The third-order valence-electron chi connectivity index (χ3n) is 1.92. The Hall–Kier alpha value is -1.84. The fourth-order valence-electron chi connectivity index (χ4n) is 1.21. The molecule has 0 aromatic carbocycles. The van der Waals surface area contributed by atoms with E-state index in [-0.39, 0.29) is 0 Å². The van der Waals surface area contributed by atoms with Crippen molar-refractivity contribution in [2.45, 2.75) is 13.5 Å². The number of aromatic nitrogens is 3. The predicted molar refractivity (Wildman–Crippen MR) is 54.9 cm³/mol. The number of hydrogen-bond acceptors (Lipinski definition) is 3. The van der Waals surface area contributed by atoms with Gasteiger partial charge >= 0.3 is 0 Å². The molecule has 2 N–H and O–H groups in total. The van der Waals surface area contributed by atoms with Crippen LogP contribution in [0.15, 0.2) is 30.6 Å². The highest BCUT2D eigenvalue weighted by atomic mass is 15.1. The molecule has 0 radical (unpaired) electrons. The highest BCUT2D eigenvalue weighted by Crippen LogP contribution is 2.05. The number of rotatable bonds is 3. The zero-order chi connectivity index (χ0) is 9.80. The molecule has 4 nitrogen and oxygen atoms in total. The van der Waals surface area contributed by atoms with E-state index in [1.807, 2.05) is 31.3 Å². The van der Waals surface area contributed by atoms with Gasteiger partial charge in [0.25, 0.3) is 0 Å². The van der Waals surface area contributed by atoms with Gasteiger partial charge in [0.2, 0.25) is 0 Å². The Morgan fingerprint density at radius 3 is 3.07 bits per heavy atom. The zero-order valence-corrected chi connectivity index (χ0v) is 7.99. The normalized spacial score (nSPS) is 10.1. The van der Waals surface area contributed by atoms with E-state index in [0.717, 1.165) is 23.6 Å². The van der Waals surface area contributed by atoms with Crippen LogP contribution in [0.3, 0.4) is 0 Å². The minimum atomic E-state index is 0.743. The number of aryl methyl sites for hydroxylation is 1. The molecule has 0 aliphatic rings. The van der Waals surface area contributed by atoms with Gasteiger partial charge in [-0.3, -0.25) is 5.10 Å². The van der Waals surface area contributed by atoms with Crippen LogP contribution in [0.5, 0.6) is 0 Å². The van der Waals surface area contributed by atoms with Gasteiger partial charge in [-0.2, -0.15) is 5.10 Å². The molecular formula is C10H12N4. The first-order chi connectivity index (χ1) is 6.84. The Labute approximate surface area is 82.4 Å². The second kappa shape index (κ2) is 3.91. The molecule has 0 amide bonds. The molecular weight excluding hydrogens is 176 g/mol. The van der Waals surface area contributed by atoms with Gasteiger partial charge in [0.15, 0.2) is 0 Å². The second-order valence-electron chi connectivity index (χ2n) is 3.12. The van der Waals surface area contributed by atoms with Crippen molar-refractivity contribution in [1.29, 1.82) is 0 Å². The monoisotopic (exact) mass is 188 g/mol. The predicted octanol–water partition coefficient (Wildman–Crippen LogP) is 1.73. The molecule has 0 saturated carbocycles. The summed E-state index contributed by atoms with van der Waals surface area (Å²) in [7, 11) is 0. The van der Waals surface area contributed by atoms with Crippen molar-refractivity contribution in [3.05, 3.63) is 41.9 Å². The van der Waals surface area contributed by atoms with E-state index in [2.05, 4.69) is 20.5 Å². The van der Waals surface area contributed by atoms with Gasteiger partial charge in [0, 0.05) is 24.0 Å². The van der Waals surface area contributed by atoms with E-state index in [1.165, 1.54) is 0 Å². The Morgan fingerprint density at radius 1 is 1.43 bits per heavy atom. The molecule has 0 atom stereocenters. The van der Waals surface area contributed by atoms with E-state index in [4.69, 9.17) is 0 Å². The Morgan fingerprint density at radius 2 is 2.36 bits per heavy atom. The van der Waals surface area contributed by atoms with E-state index in [1.54, 1.807) is 6.20 Å². The summed E-state index contributed by atoms with van der Waals surface area (Å²) in [5.74, 6) is 0.895. The van der Waals surface area contributed by atoms with Gasteiger partial charge in [-0.1, -0.05) is 6.07 Å². The maximum Gasteiger partial charge on any atom is 0.126 e. The molecule has 0 bridgehead atoms. The van der Waals surface area contributed by atoms with Crippen LogP contribution in [0.4, 0.5) is 5.82 Å². The summed E-state index contributed by atoms with van der Waals surface area (Å²) in [5.41, 5.74) is 2.13. The first kappa shape index (κ1) is 8.74. The summed E-state index contributed by atoms with van der Waals surface area (Å²) in [5, 5.41) is 9.85. The molecule has 0 spiro atoms. The van der Waals surface area contributed by atoms with Gasteiger partial charge in [0.1, 0.15) is 5.82 Å². The zero-order valence-electron chi connectivity index (χ0n) is 7.99. The number of H-pyrrole nitrogens is 1. The lowest BCUT2D eigenvalue weighted by atomic mass is 10.3. The lowest BCUT2D eigenvalue weighted by molar-refractivity contribution is 1.09. The van der Waals surface area contributed by atoms with E-state index >= 15 is 0 Å². The molecule has 0 aliphatic heterocycles. The van der Waals surface area contributed by atoms with Gasteiger partial charge in [-0.25, -0.2) is 4.98 Å². The molecule has 0 saturated heterocycles. The summed E-state index contributed by atoms with van der Waals surface area (Å²) < 4.78 is 0. The minimum Gasteiger partial charge on any atom is -0.366 e. The first-order valence-corrected chi connectivity index (χ1v) is 4.50. The highest BCUT2D eigenvalue weighted by molar-refractivity contribution is 5.35. The molecule has 2 heterocycles. The average molecular weight is 188 g/mol. The Bertz CT molecular complexity index is 394. The van der Waals surface area contributed by atoms with Crippen molar-refractivity contribution in [3.63, 3.8) is 0 Å². The summed E-state index contributed by atoms with van der Waals surface area (Å²) in [6.45, 7) is 2.72. The van der Waals surface area contributed by atoms with Crippen molar-refractivity contribution in [2.24, 2.45) is 0 Å². The number of hydrogen-bond donors (Lipinski definition) is 2. The Balaban J connectivity index is 1.98. The van der Waals surface area contributed by atoms with Crippen LogP contribution in [0, 0.1) is 6.92 Å². The molecule has 72 valence electrons. The van der Waals surface area contributed by atoms with Crippen LogP contribution >= 0.6 is 0 Å². The van der Waals surface area contributed by atoms with E-state index < -0.39 is 0 Å². The number of nitrogens with zero attached hydrogens (tertiary/aromatic N) is 2. The highest BCUT2D eigenvalue weighted by Gasteiger charge is 1.95. The average Bonchev–Trinajstić information content (AvgIpc) is 2.67. The molecule has 14 heavy (non-hydrogen) atoms. The molecule has 0 unspecified atom stereocenters. The van der Waals surface area contributed by atoms with Gasteiger partial charge in [0.05, 0.1) is 6.20 Å². The maximum atomic E-state index is 4.33. The van der Waals surface area contributed by atoms with Crippen molar-refractivity contribution >= 4 is 5.82 Å².